The number of hydrogen-bond donors (Lipinski definition) is 1. The van der Waals surface area contributed by atoms with E-state index in [1.54, 1.807) is 0 Å². The summed E-state index contributed by atoms with van der Waals surface area (Å²) in [6.07, 6.45) is 3.78. The summed E-state index contributed by atoms with van der Waals surface area (Å²) in [5.74, 6) is 1.02. The molecule has 0 radical (unpaired) electrons. The van der Waals surface area contributed by atoms with Gasteiger partial charge in [0.1, 0.15) is 0 Å². The van der Waals surface area contributed by atoms with Crippen LogP contribution in [0, 0.1) is 0 Å². The first-order valence-electron chi connectivity index (χ1n) is 8.93. The van der Waals surface area contributed by atoms with E-state index >= 15 is 0 Å². The van der Waals surface area contributed by atoms with Gasteiger partial charge in [-0.25, -0.2) is 4.98 Å². The van der Waals surface area contributed by atoms with Crippen molar-refractivity contribution < 1.29 is 4.79 Å². The third kappa shape index (κ3) is 3.41. The quantitative estimate of drug-likeness (QED) is 0.785. The highest BCUT2D eigenvalue weighted by Gasteiger charge is 2.21. The summed E-state index contributed by atoms with van der Waals surface area (Å²) >= 11 is 0. The number of nitrogens with one attached hydrogen (secondary N) is 1. The summed E-state index contributed by atoms with van der Waals surface area (Å²) in [6.45, 7) is 3.89. The molecule has 1 amide bonds. The molecule has 134 valence electrons. The molecule has 0 atom stereocenters. The Morgan fingerprint density at radius 1 is 1.08 bits per heavy atom. The van der Waals surface area contributed by atoms with Gasteiger partial charge < -0.3 is 14.8 Å². The van der Waals surface area contributed by atoms with Gasteiger partial charge in [-0.3, -0.25) is 9.69 Å². The zero-order chi connectivity index (χ0) is 17.9. The summed E-state index contributed by atoms with van der Waals surface area (Å²) in [5.41, 5.74) is 0.875. The minimum Gasteiger partial charge on any atom is -0.340 e. The highest BCUT2D eigenvalue weighted by molar-refractivity contribution is 6.02. The highest BCUT2D eigenvalue weighted by Crippen LogP contribution is 2.23. The van der Waals surface area contributed by atoms with Gasteiger partial charge in [-0.05, 0) is 11.5 Å². The van der Waals surface area contributed by atoms with Crippen LogP contribution in [0.1, 0.15) is 0 Å². The van der Waals surface area contributed by atoms with Gasteiger partial charge >= 0.3 is 0 Å². The van der Waals surface area contributed by atoms with Crippen LogP contribution in [-0.2, 0) is 11.8 Å². The first-order chi connectivity index (χ1) is 12.7. The molecule has 1 aliphatic heterocycles. The van der Waals surface area contributed by atoms with Crippen molar-refractivity contribution in [1.29, 1.82) is 0 Å². The Hall–Kier alpha value is -2.86. The number of rotatable bonds is 4. The molecule has 0 spiro atoms. The Morgan fingerprint density at radius 3 is 2.62 bits per heavy atom. The summed E-state index contributed by atoms with van der Waals surface area (Å²) in [4.78, 5) is 21.4. The number of benzene rings is 2. The van der Waals surface area contributed by atoms with Crippen LogP contribution in [0.3, 0.4) is 0 Å². The number of carbonyl (C=O) groups excluding carboxylic acids is 1. The predicted molar refractivity (Wildman–Crippen MR) is 104 cm³/mol. The topological polar surface area (TPSA) is 53.4 Å². The molecule has 1 saturated heterocycles. The Bertz CT molecular complexity index is 906. The van der Waals surface area contributed by atoms with Crippen molar-refractivity contribution in [2.75, 3.05) is 42.9 Å². The van der Waals surface area contributed by atoms with Crippen LogP contribution in [0.4, 0.5) is 11.6 Å². The summed E-state index contributed by atoms with van der Waals surface area (Å²) in [7, 11) is 2.01. The second-order valence-corrected chi connectivity index (χ2v) is 6.68. The average molecular weight is 349 g/mol. The van der Waals surface area contributed by atoms with Crippen LogP contribution < -0.4 is 10.2 Å². The van der Waals surface area contributed by atoms with Crippen LogP contribution in [-0.4, -0.2) is 53.1 Å². The third-order valence-corrected chi connectivity index (χ3v) is 4.88. The van der Waals surface area contributed by atoms with Crippen molar-refractivity contribution in [2.45, 2.75) is 0 Å². The molecule has 0 aliphatic carbocycles. The molecule has 1 fully saturated rings. The lowest BCUT2D eigenvalue weighted by Gasteiger charge is -2.34. The monoisotopic (exact) mass is 349 g/mol. The van der Waals surface area contributed by atoms with E-state index in [1.165, 1.54) is 0 Å². The number of anilines is 2. The van der Waals surface area contributed by atoms with Crippen LogP contribution in [0.2, 0.25) is 0 Å². The van der Waals surface area contributed by atoms with Gasteiger partial charge in [-0.2, -0.15) is 0 Å². The van der Waals surface area contributed by atoms with Gasteiger partial charge in [-0.1, -0.05) is 36.4 Å². The number of aromatic nitrogens is 2. The standard InChI is InChI=1S/C20H23N5O/c1-23-10-9-21-20(23)25-13-11-24(12-14-25)15-19(26)22-18-8-4-6-16-5-2-3-7-17(16)18/h2-10H,11-15H2,1H3,(H,22,26). The second-order valence-electron chi connectivity index (χ2n) is 6.68. The maximum absolute atomic E-state index is 12.5. The van der Waals surface area contributed by atoms with E-state index in [4.69, 9.17) is 0 Å². The molecular formula is C20H23N5O. The minimum absolute atomic E-state index is 0.0341. The van der Waals surface area contributed by atoms with Crippen molar-refractivity contribution in [2.24, 2.45) is 7.05 Å². The molecule has 26 heavy (non-hydrogen) atoms. The molecule has 3 aromatic rings. The summed E-state index contributed by atoms with van der Waals surface area (Å²) in [5, 5.41) is 5.27. The minimum atomic E-state index is 0.0341. The maximum atomic E-state index is 12.5. The first kappa shape index (κ1) is 16.6. The van der Waals surface area contributed by atoms with E-state index in [0.717, 1.165) is 48.6 Å². The summed E-state index contributed by atoms with van der Waals surface area (Å²) in [6, 6.07) is 14.1. The smallest absolute Gasteiger partial charge is 0.238 e. The number of aryl methyl sites for hydroxylation is 1. The average Bonchev–Trinajstić information content (AvgIpc) is 3.09. The van der Waals surface area contributed by atoms with E-state index in [2.05, 4.69) is 32.2 Å². The Kier molecular flexibility index (Phi) is 4.58. The van der Waals surface area contributed by atoms with Crippen LogP contribution in [0.25, 0.3) is 10.8 Å². The largest absolute Gasteiger partial charge is 0.340 e. The number of imidazole rings is 1. The molecule has 1 aliphatic rings. The van der Waals surface area contributed by atoms with E-state index in [1.807, 2.05) is 54.3 Å². The van der Waals surface area contributed by atoms with E-state index in [0.29, 0.717) is 6.54 Å². The fraction of sp³-hybridized carbons (Fsp3) is 0.300. The van der Waals surface area contributed by atoms with Gasteiger partial charge in [0.2, 0.25) is 11.9 Å². The van der Waals surface area contributed by atoms with E-state index in [-0.39, 0.29) is 5.91 Å². The van der Waals surface area contributed by atoms with E-state index in [9.17, 15) is 4.79 Å². The van der Waals surface area contributed by atoms with Crippen LogP contribution in [0.5, 0.6) is 0 Å². The van der Waals surface area contributed by atoms with E-state index < -0.39 is 0 Å². The molecule has 6 heteroatoms. The molecule has 4 rings (SSSR count). The molecule has 1 N–H and O–H groups in total. The number of piperazine rings is 1. The Balaban J connectivity index is 1.35. The molecule has 2 heterocycles. The lowest BCUT2D eigenvalue weighted by atomic mass is 10.1. The number of carbonyl (C=O) groups is 1. The van der Waals surface area contributed by atoms with Crippen LogP contribution in [0.15, 0.2) is 54.9 Å². The van der Waals surface area contributed by atoms with Crippen molar-refractivity contribution in [1.82, 2.24) is 14.5 Å². The number of amides is 1. The molecule has 1 aromatic heterocycles. The van der Waals surface area contributed by atoms with Crippen molar-refractivity contribution >= 4 is 28.3 Å². The van der Waals surface area contributed by atoms with Gasteiger partial charge in [0.25, 0.3) is 0 Å². The highest BCUT2D eigenvalue weighted by atomic mass is 16.2. The van der Waals surface area contributed by atoms with Gasteiger partial charge in [0.05, 0.1) is 6.54 Å². The fourth-order valence-corrected chi connectivity index (χ4v) is 3.50. The molecular weight excluding hydrogens is 326 g/mol. The zero-order valence-electron chi connectivity index (χ0n) is 14.9. The Morgan fingerprint density at radius 2 is 1.85 bits per heavy atom. The van der Waals surface area contributed by atoms with Crippen LogP contribution >= 0.6 is 0 Å². The molecule has 0 bridgehead atoms. The normalized spacial score (nSPS) is 15.3. The van der Waals surface area contributed by atoms with Crippen molar-refractivity contribution in [3.8, 4) is 0 Å². The number of hydrogen-bond acceptors (Lipinski definition) is 4. The summed E-state index contributed by atoms with van der Waals surface area (Å²) < 4.78 is 2.03. The molecule has 6 nitrogen and oxygen atoms in total. The molecule has 0 unspecified atom stereocenters. The fourth-order valence-electron chi connectivity index (χ4n) is 3.50. The maximum Gasteiger partial charge on any atom is 0.238 e. The molecule has 2 aromatic carbocycles. The number of fused-ring (bicyclic) bond motifs is 1. The lowest BCUT2D eigenvalue weighted by Crippen LogP contribution is -2.49. The second kappa shape index (κ2) is 7.17. The van der Waals surface area contributed by atoms with Crippen molar-refractivity contribution in [3.05, 3.63) is 54.9 Å². The first-order valence-corrected chi connectivity index (χ1v) is 8.93. The SMILES string of the molecule is Cn1ccnc1N1CCN(CC(=O)Nc2cccc3ccccc23)CC1. The van der Waals surface area contributed by atoms with Crippen molar-refractivity contribution in [3.63, 3.8) is 0 Å². The van der Waals surface area contributed by atoms with Gasteiger partial charge in [0, 0.05) is 56.7 Å². The lowest BCUT2D eigenvalue weighted by molar-refractivity contribution is -0.117. The third-order valence-electron chi connectivity index (χ3n) is 4.88. The zero-order valence-corrected chi connectivity index (χ0v) is 14.9. The molecule has 0 saturated carbocycles. The van der Waals surface area contributed by atoms with Gasteiger partial charge in [0.15, 0.2) is 0 Å². The predicted octanol–water partition coefficient (Wildman–Crippen LogP) is 2.33. The number of nitrogens with zero attached hydrogens (tertiary/aromatic N) is 4. The Labute approximate surface area is 153 Å². The van der Waals surface area contributed by atoms with Gasteiger partial charge in [-0.15, -0.1) is 0 Å².